The number of likely N-dealkylation sites (N-methyl/N-ethyl adjacent to an activating group) is 1. The lowest BCUT2D eigenvalue weighted by atomic mass is 10.0. The zero-order valence-corrected chi connectivity index (χ0v) is 25.9. The van der Waals surface area contributed by atoms with Gasteiger partial charge in [0.05, 0.1) is 17.7 Å². The first-order valence-corrected chi connectivity index (χ1v) is 15.5. The highest BCUT2D eigenvalue weighted by Gasteiger charge is 2.34. The summed E-state index contributed by atoms with van der Waals surface area (Å²) >= 11 is 12.3. The molecule has 224 valence electrons. The molecule has 1 atom stereocenters. The number of hydrogen-bond acceptors (Lipinski definition) is 5. The quantitative estimate of drug-likeness (QED) is 0.218. The Bertz CT molecular complexity index is 1650. The van der Waals surface area contributed by atoms with Gasteiger partial charge in [0, 0.05) is 30.1 Å². The molecule has 4 aromatic carbocycles. The third-order valence-electron chi connectivity index (χ3n) is 6.81. The van der Waals surface area contributed by atoms with Gasteiger partial charge in [-0.25, -0.2) is 8.42 Å². The van der Waals surface area contributed by atoms with Crippen LogP contribution in [-0.4, -0.2) is 51.9 Å². The molecular formula is C32H31Cl2N3O5S. The number of ether oxygens (including phenoxy) is 1. The summed E-state index contributed by atoms with van der Waals surface area (Å²) in [6.07, 6.45) is 0.211. The highest BCUT2D eigenvalue weighted by Crippen LogP contribution is 2.28. The predicted octanol–water partition coefficient (Wildman–Crippen LogP) is 5.58. The van der Waals surface area contributed by atoms with Crippen LogP contribution in [0.1, 0.15) is 11.1 Å². The Labute approximate surface area is 261 Å². The minimum atomic E-state index is -4.26. The molecule has 0 aliphatic heterocycles. The summed E-state index contributed by atoms with van der Waals surface area (Å²) < 4.78 is 34.2. The topological polar surface area (TPSA) is 96.0 Å². The van der Waals surface area contributed by atoms with Crippen molar-refractivity contribution in [1.82, 2.24) is 10.2 Å². The fraction of sp³-hybridized carbons (Fsp3) is 0.188. The Morgan fingerprint density at radius 1 is 0.837 bits per heavy atom. The van der Waals surface area contributed by atoms with Crippen molar-refractivity contribution < 1.29 is 22.7 Å². The molecule has 0 aliphatic rings. The van der Waals surface area contributed by atoms with Crippen LogP contribution in [-0.2, 0) is 32.6 Å². The smallest absolute Gasteiger partial charge is 0.264 e. The molecule has 8 nitrogen and oxygen atoms in total. The van der Waals surface area contributed by atoms with Gasteiger partial charge in [-0.15, -0.1) is 0 Å². The third kappa shape index (κ3) is 8.07. The van der Waals surface area contributed by atoms with Gasteiger partial charge in [-0.1, -0.05) is 71.7 Å². The molecule has 1 unspecified atom stereocenters. The van der Waals surface area contributed by atoms with E-state index in [2.05, 4.69) is 5.32 Å². The maximum absolute atomic E-state index is 14.3. The van der Waals surface area contributed by atoms with Gasteiger partial charge in [0.25, 0.3) is 10.0 Å². The van der Waals surface area contributed by atoms with E-state index in [4.69, 9.17) is 27.9 Å². The number of methoxy groups -OCH3 is 1. The number of carbonyl (C=O) groups is 2. The van der Waals surface area contributed by atoms with Crippen LogP contribution >= 0.6 is 23.2 Å². The van der Waals surface area contributed by atoms with Crippen molar-refractivity contribution in [3.8, 4) is 5.75 Å². The van der Waals surface area contributed by atoms with Gasteiger partial charge in [0.2, 0.25) is 11.8 Å². The average molecular weight is 641 g/mol. The maximum atomic E-state index is 14.3. The summed E-state index contributed by atoms with van der Waals surface area (Å²) in [4.78, 5) is 28.9. The summed E-state index contributed by atoms with van der Waals surface area (Å²) in [5, 5.41) is 3.48. The lowest BCUT2D eigenvalue weighted by Gasteiger charge is -2.33. The number of nitrogens with one attached hydrogen (secondary N) is 1. The normalized spacial score (nSPS) is 11.8. The van der Waals surface area contributed by atoms with Crippen molar-refractivity contribution in [2.45, 2.75) is 23.9 Å². The Balaban J connectivity index is 1.78. The highest BCUT2D eigenvalue weighted by atomic mass is 35.5. The van der Waals surface area contributed by atoms with Crippen LogP contribution in [0.5, 0.6) is 5.75 Å². The SMILES string of the molecule is CNC(=O)C(Cc1ccccc1)N(Cc1ccc(Cl)cc1)C(=O)CN(c1cccc(Cl)c1)S(=O)(=O)c1ccc(OC)cc1. The van der Waals surface area contributed by atoms with E-state index < -0.39 is 34.4 Å². The van der Waals surface area contributed by atoms with Crippen molar-refractivity contribution in [1.29, 1.82) is 0 Å². The molecular weight excluding hydrogens is 609 g/mol. The lowest BCUT2D eigenvalue weighted by Crippen LogP contribution is -2.53. The number of halogens is 2. The van der Waals surface area contributed by atoms with Crippen molar-refractivity contribution in [2.75, 3.05) is 25.0 Å². The number of anilines is 1. The molecule has 0 fully saturated rings. The van der Waals surface area contributed by atoms with Crippen LogP contribution in [0.2, 0.25) is 10.0 Å². The molecule has 0 bridgehead atoms. The van der Waals surface area contributed by atoms with Crippen LogP contribution in [0.3, 0.4) is 0 Å². The molecule has 0 spiro atoms. The Morgan fingerprint density at radius 3 is 2.12 bits per heavy atom. The van der Waals surface area contributed by atoms with Crippen molar-refractivity contribution in [3.63, 3.8) is 0 Å². The van der Waals surface area contributed by atoms with Crippen LogP contribution in [0.15, 0.2) is 108 Å². The first-order valence-electron chi connectivity index (χ1n) is 13.3. The first-order chi connectivity index (χ1) is 20.6. The molecule has 2 amide bonds. The van der Waals surface area contributed by atoms with E-state index in [9.17, 15) is 18.0 Å². The van der Waals surface area contributed by atoms with Gasteiger partial charge in [-0.05, 0) is 65.7 Å². The van der Waals surface area contributed by atoms with Crippen molar-refractivity contribution in [2.24, 2.45) is 0 Å². The van der Waals surface area contributed by atoms with E-state index in [1.54, 1.807) is 42.5 Å². The Kier molecular flexibility index (Phi) is 10.7. The second kappa shape index (κ2) is 14.4. The molecule has 0 aliphatic carbocycles. The average Bonchev–Trinajstić information content (AvgIpc) is 3.02. The van der Waals surface area contributed by atoms with Gasteiger partial charge >= 0.3 is 0 Å². The first kappa shape index (κ1) is 31.9. The minimum absolute atomic E-state index is 0.0346. The number of sulfonamides is 1. The zero-order chi connectivity index (χ0) is 31.0. The predicted molar refractivity (Wildman–Crippen MR) is 169 cm³/mol. The van der Waals surface area contributed by atoms with E-state index in [-0.39, 0.29) is 23.5 Å². The largest absolute Gasteiger partial charge is 0.497 e. The number of benzene rings is 4. The molecule has 0 saturated heterocycles. The molecule has 0 aromatic heterocycles. The van der Waals surface area contributed by atoms with Crippen LogP contribution < -0.4 is 14.4 Å². The van der Waals surface area contributed by atoms with Gasteiger partial charge < -0.3 is 15.0 Å². The molecule has 0 saturated carbocycles. The highest BCUT2D eigenvalue weighted by molar-refractivity contribution is 7.92. The number of carbonyl (C=O) groups excluding carboxylic acids is 2. The Morgan fingerprint density at radius 2 is 1.51 bits per heavy atom. The fourth-order valence-electron chi connectivity index (χ4n) is 4.54. The number of rotatable bonds is 12. The molecule has 11 heteroatoms. The molecule has 0 heterocycles. The summed E-state index contributed by atoms with van der Waals surface area (Å²) in [6, 6.07) is 27.4. The summed E-state index contributed by atoms with van der Waals surface area (Å²) in [7, 11) is -1.28. The molecule has 4 rings (SSSR count). The summed E-state index contributed by atoms with van der Waals surface area (Å²) in [5.74, 6) is -0.497. The van der Waals surface area contributed by atoms with Gasteiger partial charge in [0.15, 0.2) is 0 Å². The molecule has 43 heavy (non-hydrogen) atoms. The standard InChI is InChI=1S/C32H31Cl2N3O5S/c1-35-32(39)30(19-23-7-4-3-5-8-23)36(21-24-11-13-25(33)14-12-24)31(38)22-37(27-10-6-9-26(34)20-27)43(40,41)29-17-15-28(42-2)16-18-29/h3-18,20,30H,19,21-22H2,1-2H3,(H,35,39). The maximum Gasteiger partial charge on any atom is 0.264 e. The van der Waals surface area contributed by atoms with Gasteiger partial charge in [0.1, 0.15) is 18.3 Å². The summed E-state index contributed by atoms with van der Waals surface area (Å²) in [5.41, 5.74) is 1.75. The summed E-state index contributed by atoms with van der Waals surface area (Å²) in [6.45, 7) is -0.558. The second-order valence-electron chi connectivity index (χ2n) is 9.63. The molecule has 0 radical (unpaired) electrons. The zero-order valence-electron chi connectivity index (χ0n) is 23.6. The van der Waals surface area contributed by atoms with E-state index >= 15 is 0 Å². The van der Waals surface area contributed by atoms with Crippen molar-refractivity contribution >= 4 is 50.7 Å². The van der Waals surface area contributed by atoms with E-state index in [1.165, 1.54) is 49.4 Å². The number of hydrogen-bond donors (Lipinski definition) is 1. The molecule has 4 aromatic rings. The number of nitrogens with zero attached hydrogens (tertiary/aromatic N) is 2. The molecule has 1 N–H and O–H groups in total. The van der Waals surface area contributed by atoms with E-state index in [0.29, 0.717) is 21.4 Å². The van der Waals surface area contributed by atoms with Crippen molar-refractivity contribution in [3.05, 3.63) is 124 Å². The van der Waals surface area contributed by atoms with E-state index in [1.807, 2.05) is 30.3 Å². The van der Waals surface area contributed by atoms with Crippen LogP contribution in [0.25, 0.3) is 0 Å². The monoisotopic (exact) mass is 639 g/mol. The van der Waals surface area contributed by atoms with Crippen LogP contribution in [0, 0.1) is 0 Å². The van der Waals surface area contributed by atoms with Gasteiger partial charge in [-0.3, -0.25) is 13.9 Å². The second-order valence-corrected chi connectivity index (χ2v) is 12.4. The number of amides is 2. The lowest BCUT2D eigenvalue weighted by molar-refractivity contribution is -0.139. The third-order valence-corrected chi connectivity index (χ3v) is 9.08. The Hall–Kier alpha value is -4.05. The fourth-order valence-corrected chi connectivity index (χ4v) is 6.26. The van der Waals surface area contributed by atoms with Gasteiger partial charge in [-0.2, -0.15) is 0 Å². The van der Waals surface area contributed by atoms with E-state index in [0.717, 1.165) is 9.87 Å². The minimum Gasteiger partial charge on any atom is -0.497 e. The van der Waals surface area contributed by atoms with Crippen LogP contribution in [0.4, 0.5) is 5.69 Å².